The second kappa shape index (κ2) is 4.63. The van der Waals surface area contributed by atoms with Crippen LogP contribution in [0.4, 0.5) is 0 Å². The Morgan fingerprint density at radius 1 is 1.25 bits per heavy atom. The number of ether oxygens (including phenoxy) is 2. The average molecular weight is 227 g/mol. The number of methoxy groups -OCH3 is 1. The maximum Gasteiger partial charge on any atom is 0.0940 e. The largest absolute Gasteiger partial charge is 0.382 e. The monoisotopic (exact) mass is 227 g/mol. The minimum absolute atomic E-state index is 0.0942. The molecule has 1 heterocycles. The van der Waals surface area contributed by atoms with E-state index in [1.54, 1.807) is 7.11 Å². The van der Waals surface area contributed by atoms with Gasteiger partial charge in [-0.25, -0.2) is 0 Å². The van der Waals surface area contributed by atoms with Crippen LogP contribution in [0.5, 0.6) is 0 Å². The molecule has 3 nitrogen and oxygen atoms in total. The van der Waals surface area contributed by atoms with Crippen molar-refractivity contribution in [2.45, 2.75) is 51.2 Å². The molecule has 1 saturated heterocycles. The molecule has 0 bridgehead atoms. The van der Waals surface area contributed by atoms with Crippen molar-refractivity contribution in [3.63, 3.8) is 0 Å². The maximum absolute atomic E-state index is 6.26. The first-order valence-electron chi connectivity index (χ1n) is 6.43. The zero-order chi connectivity index (χ0) is 11.6. The fourth-order valence-electron chi connectivity index (χ4n) is 2.85. The smallest absolute Gasteiger partial charge is 0.0940 e. The molecule has 1 spiro atoms. The van der Waals surface area contributed by atoms with Gasteiger partial charge in [0, 0.05) is 20.2 Å². The second-order valence-corrected chi connectivity index (χ2v) is 6.17. The van der Waals surface area contributed by atoms with E-state index >= 15 is 0 Å². The first-order chi connectivity index (χ1) is 7.55. The quantitative estimate of drug-likeness (QED) is 0.782. The van der Waals surface area contributed by atoms with E-state index in [1.165, 1.54) is 25.7 Å². The second-order valence-electron chi connectivity index (χ2n) is 6.17. The van der Waals surface area contributed by atoms with Crippen LogP contribution in [0, 0.1) is 5.41 Å². The summed E-state index contributed by atoms with van der Waals surface area (Å²) in [7, 11) is 1.74. The van der Waals surface area contributed by atoms with Crippen molar-refractivity contribution in [3.05, 3.63) is 0 Å². The molecule has 2 fully saturated rings. The Bertz CT molecular complexity index is 228. The van der Waals surface area contributed by atoms with Gasteiger partial charge < -0.3 is 14.8 Å². The highest BCUT2D eigenvalue weighted by atomic mass is 16.5. The van der Waals surface area contributed by atoms with E-state index in [4.69, 9.17) is 9.47 Å². The topological polar surface area (TPSA) is 30.5 Å². The fraction of sp³-hybridized carbons (Fsp3) is 1.00. The standard InChI is InChI=1S/C13H25NO2/c1-12(2)4-6-13(7-5-12)10-14-8-11(16-13)9-15-3/h11,14H,4-10H2,1-3H3. The van der Waals surface area contributed by atoms with Crippen LogP contribution in [-0.4, -0.2) is 38.5 Å². The Balaban J connectivity index is 1.93. The molecular weight excluding hydrogens is 202 g/mol. The van der Waals surface area contributed by atoms with E-state index in [1.807, 2.05) is 0 Å². The Labute approximate surface area is 98.9 Å². The molecule has 94 valence electrons. The van der Waals surface area contributed by atoms with Gasteiger partial charge in [0.15, 0.2) is 0 Å². The van der Waals surface area contributed by atoms with Crippen LogP contribution in [0.25, 0.3) is 0 Å². The molecular formula is C13H25NO2. The van der Waals surface area contributed by atoms with Gasteiger partial charge in [-0.05, 0) is 31.1 Å². The van der Waals surface area contributed by atoms with Crippen molar-refractivity contribution in [1.82, 2.24) is 5.32 Å². The van der Waals surface area contributed by atoms with Gasteiger partial charge in [0.1, 0.15) is 0 Å². The number of nitrogens with one attached hydrogen (secondary N) is 1. The number of rotatable bonds is 2. The van der Waals surface area contributed by atoms with Crippen molar-refractivity contribution in [3.8, 4) is 0 Å². The zero-order valence-corrected chi connectivity index (χ0v) is 10.8. The molecule has 1 unspecified atom stereocenters. The van der Waals surface area contributed by atoms with E-state index in [0.29, 0.717) is 12.0 Å². The van der Waals surface area contributed by atoms with Crippen LogP contribution in [-0.2, 0) is 9.47 Å². The summed E-state index contributed by atoms with van der Waals surface area (Å²) in [5, 5.41) is 3.50. The molecule has 2 rings (SSSR count). The molecule has 1 atom stereocenters. The summed E-state index contributed by atoms with van der Waals surface area (Å²) >= 11 is 0. The Morgan fingerprint density at radius 2 is 1.94 bits per heavy atom. The Hall–Kier alpha value is -0.120. The van der Waals surface area contributed by atoms with Gasteiger partial charge in [-0.15, -0.1) is 0 Å². The van der Waals surface area contributed by atoms with Gasteiger partial charge in [-0.1, -0.05) is 13.8 Å². The van der Waals surface area contributed by atoms with Crippen molar-refractivity contribution in [2.75, 3.05) is 26.8 Å². The normalized spacial score (nSPS) is 32.8. The van der Waals surface area contributed by atoms with Crippen LogP contribution in [0.2, 0.25) is 0 Å². The highest BCUT2D eigenvalue weighted by Crippen LogP contribution is 2.42. The van der Waals surface area contributed by atoms with Gasteiger partial charge in [-0.3, -0.25) is 0 Å². The van der Waals surface area contributed by atoms with Gasteiger partial charge in [-0.2, -0.15) is 0 Å². The zero-order valence-electron chi connectivity index (χ0n) is 10.8. The molecule has 2 aliphatic rings. The predicted octanol–water partition coefficient (Wildman–Crippen LogP) is 1.96. The number of morpholine rings is 1. The van der Waals surface area contributed by atoms with Crippen LogP contribution < -0.4 is 5.32 Å². The first-order valence-corrected chi connectivity index (χ1v) is 6.43. The van der Waals surface area contributed by atoms with E-state index in [0.717, 1.165) is 13.1 Å². The van der Waals surface area contributed by atoms with Gasteiger partial charge >= 0.3 is 0 Å². The van der Waals surface area contributed by atoms with Crippen LogP contribution >= 0.6 is 0 Å². The van der Waals surface area contributed by atoms with Crippen molar-refractivity contribution >= 4 is 0 Å². The van der Waals surface area contributed by atoms with Crippen molar-refractivity contribution in [1.29, 1.82) is 0 Å². The molecule has 0 radical (unpaired) electrons. The molecule has 1 saturated carbocycles. The molecule has 3 heteroatoms. The lowest BCUT2D eigenvalue weighted by Crippen LogP contribution is -2.56. The lowest BCUT2D eigenvalue weighted by Gasteiger charge is -2.47. The summed E-state index contributed by atoms with van der Waals surface area (Å²) in [5.74, 6) is 0. The Morgan fingerprint density at radius 3 is 2.56 bits per heavy atom. The lowest BCUT2D eigenvalue weighted by atomic mass is 9.70. The predicted molar refractivity (Wildman–Crippen MR) is 64.6 cm³/mol. The summed E-state index contributed by atoms with van der Waals surface area (Å²) in [6.07, 6.45) is 5.16. The van der Waals surface area contributed by atoms with Gasteiger partial charge in [0.2, 0.25) is 0 Å². The molecule has 1 aliphatic heterocycles. The van der Waals surface area contributed by atoms with E-state index in [9.17, 15) is 0 Å². The van der Waals surface area contributed by atoms with Crippen LogP contribution in [0.1, 0.15) is 39.5 Å². The summed E-state index contributed by atoms with van der Waals surface area (Å²) in [4.78, 5) is 0. The molecule has 1 aliphatic carbocycles. The fourth-order valence-corrected chi connectivity index (χ4v) is 2.85. The van der Waals surface area contributed by atoms with E-state index in [-0.39, 0.29) is 11.7 Å². The maximum atomic E-state index is 6.26. The SMILES string of the molecule is COCC1CNCC2(CCC(C)(C)CC2)O1. The van der Waals surface area contributed by atoms with Crippen LogP contribution in [0.3, 0.4) is 0 Å². The number of hydrogen-bond donors (Lipinski definition) is 1. The third-order valence-electron chi connectivity index (χ3n) is 4.10. The average Bonchev–Trinajstić information content (AvgIpc) is 2.25. The molecule has 0 aromatic rings. The lowest BCUT2D eigenvalue weighted by molar-refractivity contribution is -0.158. The highest BCUT2D eigenvalue weighted by Gasteiger charge is 2.42. The van der Waals surface area contributed by atoms with Gasteiger partial charge in [0.25, 0.3) is 0 Å². The summed E-state index contributed by atoms with van der Waals surface area (Å²) < 4.78 is 11.5. The minimum atomic E-state index is 0.0942. The van der Waals surface area contributed by atoms with Crippen molar-refractivity contribution in [2.24, 2.45) is 5.41 Å². The van der Waals surface area contributed by atoms with Crippen molar-refractivity contribution < 1.29 is 9.47 Å². The molecule has 1 N–H and O–H groups in total. The Kier molecular flexibility index (Phi) is 3.57. The third kappa shape index (κ3) is 2.76. The van der Waals surface area contributed by atoms with Crippen LogP contribution in [0.15, 0.2) is 0 Å². The first kappa shape index (κ1) is 12.3. The molecule has 0 aromatic heterocycles. The molecule has 16 heavy (non-hydrogen) atoms. The van der Waals surface area contributed by atoms with E-state index < -0.39 is 0 Å². The highest BCUT2D eigenvalue weighted by molar-refractivity contribution is 4.95. The van der Waals surface area contributed by atoms with E-state index in [2.05, 4.69) is 19.2 Å². The minimum Gasteiger partial charge on any atom is -0.382 e. The third-order valence-corrected chi connectivity index (χ3v) is 4.10. The van der Waals surface area contributed by atoms with Gasteiger partial charge in [0.05, 0.1) is 18.3 Å². The summed E-state index contributed by atoms with van der Waals surface area (Å²) in [6, 6.07) is 0. The summed E-state index contributed by atoms with van der Waals surface area (Å²) in [6.45, 7) is 7.38. The number of hydrogen-bond acceptors (Lipinski definition) is 3. The summed E-state index contributed by atoms with van der Waals surface area (Å²) in [5.41, 5.74) is 0.597. The molecule has 0 aromatic carbocycles. The molecule has 0 amide bonds.